The van der Waals surface area contributed by atoms with Gasteiger partial charge in [0, 0.05) is 5.56 Å². The maximum absolute atomic E-state index is 4.99. The predicted molar refractivity (Wildman–Crippen MR) is 52.7 cm³/mol. The fraction of sp³-hybridized carbons (Fsp3) is 0.200. The minimum absolute atomic E-state index is 0.854. The molecule has 0 amide bonds. The molecule has 0 aliphatic rings. The van der Waals surface area contributed by atoms with E-state index in [1.54, 1.807) is 7.11 Å². The molecule has 1 heterocycles. The molecule has 0 spiro atoms. The molecule has 4 nitrogen and oxygen atoms in total. The van der Waals surface area contributed by atoms with Crippen molar-refractivity contribution in [3.05, 3.63) is 36.0 Å². The van der Waals surface area contributed by atoms with Crippen molar-refractivity contribution in [3.63, 3.8) is 0 Å². The van der Waals surface area contributed by atoms with Crippen LogP contribution < -0.4 is 4.84 Å². The quantitative estimate of drug-likeness (QED) is 0.715. The van der Waals surface area contributed by atoms with Crippen LogP contribution in [0, 0.1) is 6.92 Å². The molecule has 0 bridgehead atoms. The summed E-state index contributed by atoms with van der Waals surface area (Å²) in [5.74, 6) is 0. The molecule has 0 aliphatic heterocycles. The molecule has 1 aromatic heterocycles. The fourth-order valence-electron chi connectivity index (χ4n) is 1.35. The maximum Gasteiger partial charge on any atom is 0.119 e. The lowest BCUT2D eigenvalue weighted by atomic mass is 10.1. The maximum atomic E-state index is 4.99. The van der Waals surface area contributed by atoms with Gasteiger partial charge in [-0.15, -0.1) is 5.10 Å². The van der Waals surface area contributed by atoms with Gasteiger partial charge in [0.15, 0.2) is 0 Å². The molecule has 1 aromatic carbocycles. The molecule has 0 saturated heterocycles. The lowest BCUT2D eigenvalue weighted by Crippen LogP contribution is -2.09. The van der Waals surface area contributed by atoms with Gasteiger partial charge in [0.1, 0.15) is 18.5 Å². The molecule has 0 fully saturated rings. The average Bonchev–Trinajstić information content (AvgIpc) is 2.61. The minimum Gasteiger partial charge on any atom is -0.399 e. The van der Waals surface area contributed by atoms with Crippen molar-refractivity contribution in [1.82, 2.24) is 15.2 Å². The van der Waals surface area contributed by atoms with Crippen molar-refractivity contribution in [2.24, 2.45) is 0 Å². The van der Waals surface area contributed by atoms with Crippen LogP contribution in [0.1, 0.15) is 5.69 Å². The molecule has 14 heavy (non-hydrogen) atoms. The topological polar surface area (TPSA) is 39.9 Å². The van der Waals surface area contributed by atoms with Crippen molar-refractivity contribution in [2.75, 3.05) is 7.11 Å². The highest BCUT2D eigenvalue weighted by Crippen LogP contribution is 2.18. The molecule has 0 N–H and O–H groups in total. The van der Waals surface area contributed by atoms with Gasteiger partial charge in [0.2, 0.25) is 0 Å². The summed E-state index contributed by atoms with van der Waals surface area (Å²) in [5.41, 5.74) is 2.81. The molecule has 0 atom stereocenters. The summed E-state index contributed by atoms with van der Waals surface area (Å²) in [5, 5.41) is 7.90. The van der Waals surface area contributed by atoms with Crippen LogP contribution in [0.2, 0.25) is 0 Å². The van der Waals surface area contributed by atoms with Crippen LogP contribution in [0.4, 0.5) is 0 Å². The van der Waals surface area contributed by atoms with Crippen molar-refractivity contribution in [3.8, 4) is 11.3 Å². The Kier molecular flexibility index (Phi) is 2.18. The summed E-state index contributed by atoms with van der Waals surface area (Å²) >= 11 is 0. The third-order valence-electron chi connectivity index (χ3n) is 2.08. The van der Waals surface area contributed by atoms with Crippen LogP contribution in [0.5, 0.6) is 0 Å². The lowest BCUT2D eigenvalue weighted by Gasteiger charge is -1.99. The first-order valence-electron chi connectivity index (χ1n) is 4.35. The van der Waals surface area contributed by atoms with Crippen LogP contribution in [-0.2, 0) is 0 Å². The number of hydrogen-bond donors (Lipinski definition) is 0. The summed E-state index contributed by atoms with van der Waals surface area (Å²) in [6.07, 6.45) is 0. The highest BCUT2D eigenvalue weighted by atomic mass is 16.7. The molecule has 2 aromatic rings. The molecule has 2 rings (SSSR count). The molecular formula is C10H11N3O. The summed E-state index contributed by atoms with van der Waals surface area (Å²) in [6.45, 7) is 1.92. The second-order valence-electron chi connectivity index (χ2n) is 2.94. The van der Waals surface area contributed by atoms with Gasteiger partial charge in [-0.25, -0.2) is 0 Å². The van der Waals surface area contributed by atoms with E-state index in [1.807, 2.05) is 37.3 Å². The molecular weight excluding hydrogens is 178 g/mol. The van der Waals surface area contributed by atoms with Gasteiger partial charge in [-0.1, -0.05) is 35.2 Å². The Balaban J connectivity index is 2.48. The SMILES string of the molecule is COn1nnc(-c2ccccc2)c1C. The Bertz CT molecular complexity index is 422. The van der Waals surface area contributed by atoms with Crippen molar-refractivity contribution < 1.29 is 4.84 Å². The third-order valence-corrected chi connectivity index (χ3v) is 2.08. The van der Waals surface area contributed by atoms with Gasteiger partial charge in [-0.3, -0.25) is 0 Å². The van der Waals surface area contributed by atoms with Crippen LogP contribution in [0.3, 0.4) is 0 Å². The van der Waals surface area contributed by atoms with E-state index in [4.69, 9.17) is 4.84 Å². The number of nitrogens with zero attached hydrogens (tertiary/aromatic N) is 3. The molecule has 0 saturated carbocycles. The number of hydrogen-bond acceptors (Lipinski definition) is 3. The summed E-state index contributed by atoms with van der Waals surface area (Å²) in [4.78, 5) is 6.40. The van der Waals surface area contributed by atoms with E-state index in [2.05, 4.69) is 10.3 Å². The van der Waals surface area contributed by atoms with Gasteiger partial charge < -0.3 is 4.84 Å². The first kappa shape index (κ1) is 8.74. The van der Waals surface area contributed by atoms with Gasteiger partial charge in [0.05, 0.1) is 0 Å². The molecule has 0 radical (unpaired) electrons. The Morgan fingerprint density at radius 2 is 1.93 bits per heavy atom. The van der Waals surface area contributed by atoms with Crippen LogP contribution in [-0.4, -0.2) is 22.3 Å². The average molecular weight is 189 g/mol. The van der Waals surface area contributed by atoms with Gasteiger partial charge in [0.25, 0.3) is 0 Å². The lowest BCUT2D eigenvalue weighted by molar-refractivity contribution is 0.123. The first-order chi connectivity index (χ1) is 6.83. The van der Waals surface area contributed by atoms with Crippen molar-refractivity contribution in [2.45, 2.75) is 6.92 Å². The highest BCUT2D eigenvalue weighted by molar-refractivity contribution is 5.60. The fourth-order valence-corrected chi connectivity index (χ4v) is 1.35. The van der Waals surface area contributed by atoms with E-state index < -0.39 is 0 Å². The molecule has 0 unspecified atom stereocenters. The van der Waals surface area contributed by atoms with Gasteiger partial charge >= 0.3 is 0 Å². The zero-order valence-electron chi connectivity index (χ0n) is 8.14. The molecule has 72 valence electrons. The summed E-state index contributed by atoms with van der Waals surface area (Å²) in [7, 11) is 1.57. The number of aromatic nitrogens is 3. The van der Waals surface area contributed by atoms with Gasteiger partial charge in [-0.05, 0) is 12.1 Å². The van der Waals surface area contributed by atoms with E-state index in [0.29, 0.717) is 0 Å². The van der Waals surface area contributed by atoms with E-state index >= 15 is 0 Å². The Hall–Kier alpha value is -1.84. The first-order valence-corrected chi connectivity index (χ1v) is 4.35. The molecule has 4 heteroatoms. The minimum atomic E-state index is 0.854. The second kappa shape index (κ2) is 3.49. The smallest absolute Gasteiger partial charge is 0.119 e. The Labute approximate surface area is 82.1 Å². The Morgan fingerprint density at radius 3 is 2.50 bits per heavy atom. The van der Waals surface area contributed by atoms with E-state index in [1.165, 1.54) is 4.85 Å². The van der Waals surface area contributed by atoms with Crippen molar-refractivity contribution >= 4 is 0 Å². The van der Waals surface area contributed by atoms with E-state index in [9.17, 15) is 0 Å². The van der Waals surface area contributed by atoms with Gasteiger partial charge in [-0.2, -0.15) is 0 Å². The molecule has 0 aliphatic carbocycles. The number of rotatable bonds is 2. The largest absolute Gasteiger partial charge is 0.399 e. The van der Waals surface area contributed by atoms with Crippen LogP contribution >= 0.6 is 0 Å². The van der Waals surface area contributed by atoms with Crippen molar-refractivity contribution in [1.29, 1.82) is 0 Å². The monoisotopic (exact) mass is 189 g/mol. The Morgan fingerprint density at radius 1 is 1.21 bits per heavy atom. The van der Waals surface area contributed by atoms with E-state index in [-0.39, 0.29) is 0 Å². The summed E-state index contributed by atoms with van der Waals surface area (Å²) < 4.78 is 0. The normalized spacial score (nSPS) is 10.1. The standard InChI is InChI=1S/C10H11N3O/c1-8-10(11-12-13(8)14-2)9-6-4-3-5-7-9/h3-7H,1-2H3. The zero-order valence-corrected chi connectivity index (χ0v) is 8.14. The highest BCUT2D eigenvalue weighted by Gasteiger charge is 2.09. The number of benzene rings is 1. The van der Waals surface area contributed by atoms with E-state index in [0.717, 1.165) is 17.0 Å². The zero-order chi connectivity index (χ0) is 9.97. The second-order valence-corrected chi connectivity index (χ2v) is 2.94. The van der Waals surface area contributed by atoms with Crippen LogP contribution in [0.25, 0.3) is 11.3 Å². The predicted octanol–water partition coefficient (Wildman–Crippen LogP) is 1.31. The van der Waals surface area contributed by atoms with Crippen LogP contribution in [0.15, 0.2) is 30.3 Å². The summed E-state index contributed by atoms with van der Waals surface area (Å²) in [6, 6.07) is 9.91. The third kappa shape index (κ3) is 1.35.